The number of aromatic nitrogens is 1. The number of halogens is 1. The number of hydrogen-bond donors (Lipinski definition) is 1. The number of rotatable bonds is 5. The van der Waals surface area contributed by atoms with Crippen molar-refractivity contribution in [2.45, 2.75) is 62.0 Å². The Balaban J connectivity index is 1.40. The van der Waals surface area contributed by atoms with E-state index >= 15 is 0 Å². The molecule has 1 fully saturated rings. The zero-order valence-electron chi connectivity index (χ0n) is 16.0. The van der Waals surface area contributed by atoms with Gasteiger partial charge in [-0.1, -0.05) is 55.8 Å². The molecule has 0 amide bonds. The van der Waals surface area contributed by atoms with Crippen molar-refractivity contribution in [3.05, 3.63) is 57.9 Å². The fourth-order valence-corrected chi connectivity index (χ4v) is 5.81. The molecule has 0 atom stereocenters. The lowest BCUT2D eigenvalue weighted by atomic mass is 9.85. The van der Waals surface area contributed by atoms with Crippen LogP contribution in [-0.2, 0) is 25.0 Å². The van der Waals surface area contributed by atoms with Crippen LogP contribution in [0.1, 0.15) is 54.5 Å². The van der Waals surface area contributed by atoms with Gasteiger partial charge in [-0.25, -0.2) is 0 Å². The summed E-state index contributed by atoms with van der Waals surface area (Å²) in [5.41, 5.74) is 5.43. The van der Waals surface area contributed by atoms with Crippen LogP contribution in [0.15, 0.2) is 35.4 Å². The van der Waals surface area contributed by atoms with E-state index in [1.165, 1.54) is 60.1 Å². The van der Waals surface area contributed by atoms with Crippen molar-refractivity contribution in [2.75, 3.05) is 13.1 Å². The topological polar surface area (TPSA) is 24.9 Å². The zero-order chi connectivity index (χ0) is 18.5. The Morgan fingerprint density at radius 2 is 1.89 bits per heavy atom. The van der Waals surface area contributed by atoms with Crippen LogP contribution in [0.2, 0.25) is 5.02 Å². The van der Waals surface area contributed by atoms with Gasteiger partial charge in [-0.3, -0.25) is 4.98 Å². The Morgan fingerprint density at radius 3 is 2.70 bits per heavy atom. The lowest BCUT2D eigenvalue weighted by Crippen LogP contribution is -2.16. The van der Waals surface area contributed by atoms with Crippen molar-refractivity contribution in [3.63, 3.8) is 0 Å². The molecule has 0 radical (unpaired) electrons. The van der Waals surface area contributed by atoms with Gasteiger partial charge in [-0.05, 0) is 67.1 Å². The predicted molar refractivity (Wildman–Crippen MR) is 116 cm³/mol. The van der Waals surface area contributed by atoms with Crippen LogP contribution in [0.4, 0.5) is 0 Å². The quantitative estimate of drug-likeness (QED) is 0.638. The highest BCUT2D eigenvalue weighted by Crippen LogP contribution is 2.36. The average Bonchev–Trinajstić information content (AvgIpc) is 2.95. The fourth-order valence-electron chi connectivity index (χ4n) is 4.40. The van der Waals surface area contributed by atoms with Crippen molar-refractivity contribution in [1.82, 2.24) is 10.3 Å². The highest BCUT2D eigenvalue weighted by atomic mass is 35.5. The maximum Gasteiger partial charge on any atom is 0.0544 e. The van der Waals surface area contributed by atoms with Crippen LogP contribution in [-0.4, -0.2) is 18.1 Å². The summed E-state index contributed by atoms with van der Waals surface area (Å²) in [4.78, 5) is 6.00. The largest absolute Gasteiger partial charge is 0.316 e. The van der Waals surface area contributed by atoms with Gasteiger partial charge < -0.3 is 5.32 Å². The third kappa shape index (κ3) is 5.07. The Hall–Kier alpha value is -1.03. The average molecular weight is 401 g/mol. The molecule has 1 aromatic carbocycles. The molecule has 0 spiro atoms. The molecule has 1 aliphatic heterocycles. The van der Waals surface area contributed by atoms with E-state index < -0.39 is 0 Å². The van der Waals surface area contributed by atoms with E-state index in [0.29, 0.717) is 0 Å². The van der Waals surface area contributed by atoms with E-state index in [2.05, 4.69) is 35.8 Å². The van der Waals surface area contributed by atoms with Crippen LogP contribution in [0.3, 0.4) is 0 Å². The molecule has 2 aromatic rings. The highest BCUT2D eigenvalue weighted by molar-refractivity contribution is 7.98. The molecule has 4 rings (SSSR count). The maximum atomic E-state index is 6.55. The van der Waals surface area contributed by atoms with Gasteiger partial charge in [-0.2, -0.15) is 0 Å². The third-order valence-electron chi connectivity index (χ3n) is 5.93. The van der Waals surface area contributed by atoms with Gasteiger partial charge >= 0.3 is 0 Å². The van der Waals surface area contributed by atoms with E-state index in [-0.39, 0.29) is 0 Å². The first-order valence-electron chi connectivity index (χ1n) is 10.4. The first-order valence-corrected chi connectivity index (χ1v) is 11.7. The van der Waals surface area contributed by atoms with Gasteiger partial charge in [0.1, 0.15) is 0 Å². The third-order valence-corrected chi connectivity index (χ3v) is 7.55. The van der Waals surface area contributed by atoms with E-state index in [0.717, 1.165) is 48.3 Å². The van der Waals surface area contributed by atoms with Crippen LogP contribution in [0.25, 0.3) is 0 Å². The number of pyridine rings is 1. The molecule has 1 aliphatic carbocycles. The second-order valence-electron chi connectivity index (χ2n) is 7.92. The molecular weight excluding hydrogens is 372 g/mol. The summed E-state index contributed by atoms with van der Waals surface area (Å²) in [5.74, 6) is 1.75. The summed E-state index contributed by atoms with van der Waals surface area (Å²) in [5, 5.41) is 4.37. The highest BCUT2D eigenvalue weighted by Gasteiger charge is 2.16. The maximum absolute atomic E-state index is 6.55. The molecule has 1 aromatic heterocycles. The minimum absolute atomic E-state index is 0.868. The van der Waals surface area contributed by atoms with Crippen LogP contribution in [0, 0.1) is 5.92 Å². The van der Waals surface area contributed by atoms with Crippen molar-refractivity contribution >= 4 is 23.4 Å². The molecule has 2 nitrogen and oxygen atoms in total. The summed E-state index contributed by atoms with van der Waals surface area (Å²) in [7, 11) is 0. The Labute approximate surface area is 172 Å². The number of benzene rings is 1. The first-order chi connectivity index (χ1) is 13.3. The molecule has 27 heavy (non-hydrogen) atoms. The van der Waals surface area contributed by atoms with Crippen molar-refractivity contribution < 1.29 is 0 Å². The smallest absolute Gasteiger partial charge is 0.0544 e. The minimum Gasteiger partial charge on any atom is -0.316 e. The summed E-state index contributed by atoms with van der Waals surface area (Å²) < 4.78 is 0. The molecule has 0 saturated heterocycles. The number of nitrogens with zero attached hydrogens (tertiary/aromatic N) is 1. The predicted octanol–water partition coefficient (Wildman–Crippen LogP) is 5.84. The lowest BCUT2D eigenvalue weighted by molar-refractivity contribution is 0.356. The molecule has 0 unspecified atom stereocenters. The number of nitrogens with one attached hydrogen (secondary N) is 1. The molecule has 1 saturated carbocycles. The van der Waals surface area contributed by atoms with Gasteiger partial charge in [0.2, 0.25) is 0 Å². The summed E-state index contributed by atoms with van der Waals surface area (Å²) >= 11 is 8.40. The van der Waals surface area contributed by atoms with Crippen molar-refractivity contribution in [1.29, 1.82) is 0 Å². The lowest BCUT2D eigenvalue weighted by Gasteiger charge is -2.21. The molecule has 4 heteroatoms. The second-order valence-corrected chi connectivity index (χ2v) is 9.31. The number of hydrogen-bond acceptors (Lipinski definition) is 3. The number of fused-ring (bicyclic) bond motifs is 1. The van der Waals surface area contributed by atoms with E-state index in [1.54, 1.807) is 0 Å². The van der Waals surface area contributed by atoms with E-state index in [4.69, 9.17) is 16.6 Å². The molecule has 144 valence electrons. The Bertz CT molecular complexity index is 754. The van der Waals surface area contributed by atoms with Crippen LogP contribution < -0.4 is 5.32 Å². The van der Waals surface area contributed by atoms with E-state index in [9.17, 15) is 0 Å². The molecule has 2 heterocycles. The summed E-state index contributed by atoms with van der Waals surface area (Å²) in [6, 6.07) is 8.76. The van der Waals surface area contributed by atoms with E-state index in [1.807, 2.05) is 11.8 Å². The molecule has 2 aliphatic rings. The van der Waals surface area contributed by atoms with Crippen molar-refractivity contribution in [3.8, 4) is 0 Å². The SMILES string of the molecule is Clc1ccc2c(c1SCc1ccc(CC3CCCCC3)cn1)CCNCC2. The first kappa shape index (κ1) is 19.3. The van der Waals surface area contributed by atoms with Gasteiger partial charge in [0, 0.05) is 16.8 Å². The zero-order valence-corrected chi connectivity index (χ0v) is 17.5. The van der Waals surface area contributed by atoms with Gasteiger partial charge in [0.25, 0.3) is 0 Å². The number of thioether (sulfide) groups is 1. The Morgan fingerprint density at radius 1 is 1.04 bits per heavy atom. The molecular formula is C23H29ClN2S. The van der Waals surface area contributed by atoms with Crippen LogP contribution >= 0.6 is 23.4 Å². The van der Waals surface area contributed by atoms with Crippen LogP contribution in [0.5, 0.6) is 0 Å². The monoisotopic (exact) mass is 400 g/mol. The minimum atomic E-state index is 0.868. The van der Waals surface area contributed by atoms with Gasteiger partial charge in [0.05, 0.1) is 10.7 Å². The van der Waals surface area contributed by atoms with Gasteiger partial charge in [-0.15, -0.1) is 11.8 Å². The molecule has 0 bridgehead atoms. The standard InChI is InChI=1S/C23H29ClN2S/c24-22-9-7-19-10-12-25-13-11-21(19)23(22)27-16-20-8-6-18(15-26-20)14-17-4-2-1-3-5-17/h6-9,15,17,25H,1-5,10-14,16H2. The van der Waals surface area contributed by atoms with Gasteiger partial charge in [0.15, 0.2) is 0 Å². The second kappa shape index (κ2) is 9.45. The summed E-state index contributed by atoms with van der Waals surface area (Å²) in [6.45, 7) is 2.10. The summed E-state index contributed by atoms with van der Waals surface area (Å²) in [6.07, 6.45) is 12.5. The van der Waals surface area contributed by atoms with Crippen molar-refractivity contribution in [2.24, 2.45) is 5.92 Å². The normalized spacial score (nSPS) is 18.1. The fraction of sp³-hybridized carbons (Fsp3) is 0.522. The Kier molecular flexibility index (Phi) is 6.75. The molecule has 1 N–H and O–H groups in total.